The van der Waals surface area contributed by atoms with Gasteiger partial charge in [0.15, 0.2) is 0 Å². The van der Waals surface area contributed by atoms with Crippen molar-refractivity contribution in [3.05, 3.63) is 24.3 Å². The van der Waals surface area contributed by atoms with Crippen molar-refractivity contribution >= 4 is 74.1 Å². The molecule has 0 aromatic carbocycles. The molecule has 2 nitrogen and oxygen atoms in total. The molecule has 0 heterocycles. The summed E-state index contributed by atoms with van der Waals surface area (Å²) in [5, 5.41) is 0. The predicted molar refractivity (Wildman–Crippen MR) is 196 cm³/mol. The average molecular weight is 919 g/mol. The number of carbonyl (C=O) groups is 2. The number of carbonyl (C=O) groups excluding carboxylic acids is 2. The fourth-order valence-corrected chi connectivity index (χ4v) is 4.83. The standard InChI is InChI=1S/2C16H28O.CH3I.2HI.V/c2*17-16-14-12-10-8-6-4-2-1-3-5-7-9-11-13-15-16;1-2;;;/h2,4H,1,3,5-15H2;1-2H,3-15H2;1H3;2*1H;/q;;;;;+2/p-2/b4-2-;2-1-;;;;. The number of halogens is 3. The molecule has 39 heavy (non-hydrogen) atoms. The van der Waals surface area contributed by atoms with Crippen LogP contribution >= 0.6 is 62.5 Å². The van der Waals surface area contributed by atoms with Gasteiger partial charge in [-0.25, -0.2) is 0 Å². The molecule has 6 heteroatoms. The Morgan fingerprint density at radius 2 is 0.590 bits per heavy atom. The third-order valence-electron chi connectivity index (χ3n) is 7.14. The van der Waals surface area contributed by atoms with Crippen LogP contribution in [0.4, 0.5) is 0 Å². The number of rotatable bonds is 0. The van der Waals surface area contributed by atoms with E-state index in [1.165, 1.54) is 116 Å². The molecule has 0 saturated carbocycles. The van der Waals surface area contributed by atoms with E-state index in [1.54, 1.807) is 0 Å². The normalized spacial score (nSPS) is 21.7. The Bertz CT molecular complexity index is 567. The van der Waals surface area contributed by atoms with E-state index in [0.29, 0.717) is 21.0 Å². The Labute approximate surface area is 286 Å². The fourth-order valence-electron chi connectivity index (χ4n) is 4.83. The summed E-state index contributed by atoms with van der Waals surface area (Å²) < 4.78 is 0. The molecule has 0 aromatic rings. The molecular weight excluding hydrogens is 860 g/mol. The summed E-state index contributed by atoms with van der Waals surface area (Å²) in [6.07, 6.45) is 40.2. The van der Waals surface area contributed by atoms with Crippen molar-refractivity contribution < 1.29 is 19.1 Å². The maximum absolute atomic E-state index is 11.6. The first-order valence-electron chi connectivity index (χ1n) is 15.8. The molecule has 0 aliphatic heterocycles. The van der Waals surface area contributed by atoms with Gasteiger partial charge in [0.2, 0.25) is 0 Å². The molecule has 0 aromatic heterocycles. The zero-order valence-corrected chi connectivity index (χ0v) is 33.0. The van der Waals surface area contributed by atoms with Gasteiger partial charge in [0.05, 0.1) is 0 Å². The summed E-state index contributed by atoms with van der Waals surface area (Å²) in [7, 11) is 0.628. The van der Waals surface area contributed by atoms with E-state index in [-0.39, 0.29) is 0 Å². The quantitative estimate of drug-likeness (QED) is 0.138. The van der Waals surface area contributed by atoms with Crippen LogP contribution in [-0.4, -0.2) is 16.5 Å². The third kappa shape index (κ3) is 39.6. The average Bonchev–Trinajstić information content (AvgIpc) is 2.93. The predicted octanol–water partition coefficient (Wildman–Crippen LogP) is 13.2. The summed E-state index contributed by atoms with van der Waals surface area (Å²) in [6.45, 7) is 0. The second-order valence-electron chi connectivity index (χ2n) is 10.6. The molecule has 0 saturated heterocycles. The molecule has 2 rings (SSSR count). The monoisotopic (exact) mass is 919 g/mol. The number of hydrogen-bond acceptors (Lipinski definition) is 2. The van der Waals surface area contributed by atoms with Crippen LogP contribution in [0.2, 0.25) is 0 Å². The Balaban J connectivity index is 0. The maximum atomic E-state index is 11.6. The second-order valence-corrected chi connectivity index (χ2v) is 22.4. The number of ketones is 2. The van der Waals surface area contributed by atoms with E-state index in [4.69, 9.17) is 0 Å². The SMILES string of the molecule is CI.O=C1CCCCC/C=C\CCCCCCCC1.O=C1CCCCCC/C=C\CCCCCCC1.[I][V][I]. The van der Waals surface area contributed by atoms with Crippen molar-refractivity contribution in [2.45, 2.75) is 167 Å². The summed E-state index contributed by atoms with van der Waals surface area (Å²) in [5.74, 6) is 0.990. The molecule has 2 aliphatic rings. The van der Waals surface area contributed by atoms with Crippen molar-refractivity contribution in [1.82, 2.24) is 0 Å². The second kappa shape index (κ2) is 39.6. The van der Waals surface area contributed by atoms with Crippen LogP contribution in [-0.2, 0) is 19.1 Å². The van der Waals surface area contributed by atoms with Gasteiger partial charge in [0, 0.05) is 25.7 Å². The molecule has 0 spiro atoms. The van der Waals surface area contributed by atoms with Gasteiger partial charge in [0.25, 0.3) is 0 Å². The van der Waals surface area contributed by atoms with Crippen molar-refractivity contribution in [2.24, 2.45) is 0 Å². The summed E-state index contributed by atoms with van der Waals surface area (Å²) in [6, 6.07) is 0. The topological polar surface area (TPSA) is 34.1 Å². The van der Waals surface area contributed by atoms with Crippen molar-refractivity contribution in [2.75, 3.05) is 4.93 Å². The van der Waals surface area contributed by atoms with Gasteiger partial charge in [0.1, 0.15) is 11.6 Å². The molecule has 0 radical (unpaired) electrons. The molecule has 2 aliphatic carbocycles. The van der Waals surface area contributed by atoms with Crippen LogP contribution in [0.15, 0.2) is 24.3 Å². The van der Waals surface area contributed by atoms with Crippen LogP contribution in [0.1, 0.15) is 167 Å². The van der Waals surface area contributed by atoms with E-state index in [9.17, 15) is 9.59 Å². The van der Waals surface area contributed by atoms with Crippen LogP contribution in [0.25, 0.3) is 0 Å². The van der Waals surface area contributed by atoms with Gasteiger partial charge in [-0.1, -0.05) is 111 Å². The van der Waals surface area contributed by atoms with Gasteiger partial charge in [-0.05, 0) is 82.0 Å². The third-order valence-corrected chi connectivity index (χ3v) is 7.14. The fraction of sp³-hybridized carbons (Fsp3) is 0.818. The minimum absolute atomic E-state index is 0.493. The van der Waals surface area contributed by atoms with Crippen LogP contribution in [0, 0.1) is 0 Å². The van der Waals surface area contributed by atoms with E-state index < -0.39 is 0 Å². The molecule has 0 N–H and O–H groups in total. The van der Waals surface area contributed by atoms with E-state index in [2.05, 4.69) is 86.9 Å². The molecule has 0 fully saturated rings. The number of Topliss-reactive ketones (excluding diaryl/α,β-unsaturated/α-hetero) is 2. The Morgan fingerprint density at radius 3 is 0.846 bits per heavy atom. The first-order chi connectivity index (χ1) is 19.2. The molecule has 0 bridgehead atoms. The van der Waals surface area contributed by atoms with Crippen molar-refractivity contribution in [3.63, 3.8) is 0 Å². The number of allylic oxidation sites excluding steroid dienone is 4. The van der Waals surface area contributed by atoms with E-state index in [1.807, 2.05) is 4.93 Å². The summed E-state index contributed by atoms with van der Waals surface area (Å²) in [5.41, 5.74) is 0. The molecule has 229 valence electrons. The Kier molecular flexibility index (Phi) is 43.4. The van der Waals surface area contributed by atoms with Crippen molar-refractivity contribution in [3.8, 4) is 0 Å². The number of alkyl halides is 1. The Hall–Kier alpha value is 1.59. The van der Waals surface area contributed by atoms with Gasteiger partial charge < -0.3 is 0 Å². The molecular formula is C33H59I3O2V. The van der Waals surface area contributed by atoms with Crippen LogP contribution in [0.3, 0.4) is 0 Å². The van der Waals surface area contributed by atoms with Gasteiger partial charge in [-0.3, -0.25) is 9.59 Å². The molecule has 0 unspecified atom stereocenters. The summed E-state index contributed by atoms with van der Waals surface area (Å²) in [4.78, 5) is 25.1. The van der Waals surface area contributed by atoms with E-state index >= 15 is 0 Å². The van der Waals surface area contributed by atoms with Crippen LogP contribution < -0.4 is 0 Å². The van der Waals surface area contributed by atoms with Gasteiger partial charge >= 0.3 is 49.4 Å². The number of hydrogen-bond donors (Lipinski definition) is 0. The van der Waals surface area contributed by atoms with Gasteiger partial charge in [-0.15, -0.1) is 0 Å². The first kappa shape index (κ1) is 42.7. The Morgan fingerprint density at radius 1 is 0.410 bits per heavy atom. The van der Waals surface area contributed by atoms with Gasteiger partial charge in [-0.2, -0.15) is 0 Å². The minimum atomic E-state index is 0.493. The molecule has 0 atom stereocenters. The summed E-state index contributed by atoms with van der Waals surface area (Å²) >= 11 is 6.89. The zero-order valence-electron chi connectivity index (χ0n) is 25.1. The molecule has 0 amide bonds. The first-order valence-corrected chi connectivity index (χ1v) is 27.0. The van der Waals surface area contributed by atoms with E-state index in [0.717, 1.165) is 51.4 Å². The van der Waals surface area contributed by atoms with Crippen molar-refractivity contribution in [1.29, 1.82) is 0 Å². The van der Waals surface area contributed by atoms with Crippen LogP contribution in [0.5, 0.6) is 0 Å². The zero-order chi connectivity index (χ0) is 29.1.